The SMILES string of the molecule is Cc1cc(C)n(-c2ccc(CCc3c(Cl)ccc(F)c3-c3c(O)c(C)nn(C)c3=O)cc2)n1. The highest BCUT2D eigenvalue weighted by Gasteiger charge is 2.23. The van der Waals surface area contributed by atoms with E-state index >= 15 is 0 Å². The van der Waals surface area contributed by atoms with Gasteiger partial charge < -0.3 is 5.11 Å². The largest absolute Gasteiger partial charge is 0.505 e. The van der Waals surface area contributed by atoms with Crippen molar-refractivity contribution in [3.8, 4) is 22.6 Å². The molecule has 33 heavy (non-hydrogen) atoms. The first-order chi connectivity index (χ1) is 15.7. The number of hydrogen-bond donors (Lipinski definition) is 1. The lowest BCUT2D eigenvalue weighted by atomic mass is 9.94. The molecule has 4 rings (SSSR count). The molecule has 2 aromatic heterocycles. The number of aromatic nitrogens is 4. The highest BCUT2D eigenvalue weighted by atomic mass is 35.5. The van der Waals surface area contributed by atoms with Crippen LogP contribution in [-0.2, 0) is 19.9 Å². The van der Waals surface area contributed by atoms with Crippen LogP contribution >= 0.6 is 11.6 Å². The first kappa shape index (κ1) is 22.7. The van der Waals surface area contributed by atoms with E-state index in [2.05, 4.69) is 10.2 Å². The molecule has 0 fully saturated rings. The second kappa shape index (κ2) is 8.83. The van der Waals surface area contributed by atoms with E-state index in [1.165, 1.54) is 19.2 Å². The van der Waals surface area contributed by atoms with Gasteiger partial charge in [-0.05, 0) is 75.1 Å². The minimum Gasteiger partial charge on any atom is -0.505 e. The molecule has 170 valence electrons. The zero-order chi connectivity index (χ0) is 23.9. The fourth-order valence-corrected chi connectivity index (χ4v) is 4.31. The Balaban J connectivity index is 1.69. The van der Waals surface area contributed by atoms with Crippen molar-refractivity contribution in [3.63, 3.8) is 0 Å². The van der Waals surface area contributed by atoms with E-state index < -0.39 is 11.4 Å². The average Bonchev–Trinajstić information content (AvgIpc) is 3.12. The molecule has 0 unspecified atom stereocenters. The van der Waals surface area contributed by atoms with Crippen LogP contribution in [0.25, 0.3) is 16.8 Å². The lowest BCUT2D eigenvalue weighted by Crippen LogP contribution is -2.23. The van der Waals surface area contributed by atoms with Crippen LogP contribution in [0, 0.1) is 26.6 Å². The summed E-state index contributed by atoms with van der Waals surface area (Å²) in [5.74, 6) is -0.956. The summed E-state index contributed by atoms with van der Waals surface area (Å²) in [6.45, 7) is 5.51. The van der Waals surface area contributed by atoms with Crippen molar-refractivity contribution in [1.82, 2.24) is 19.6 Å². The summed E-state index contributed by atoms with van der Waals surface area (Å²) in [5.41, 5.74) is 3.98. The molecule has 0 saturated carbocycles. The van der Waals surface area contributed by atoms with E-state index in [0.29, 0.717) is 23.4 Å². The summed E-state index contributed by atoms with van der Waals surface area (Å²) in [4.78, 5) is 12.8. The molecule has 0 amide bonds. The van der Waals surface area contributed by atoms with Gasteiger partial charge in [-0.15, -0.1) is 0 Å². The molecule has 6 nitrogen and oxygen atoms in total. The van der Waals surface area contributed by atoms with Gasteiger partial charge in [0.2, 0.25) is 0 Å². The molecule has 2 aromatic carbocycles. The van der Waals surface area contributed by atoms with Crippen molar-refractivity contribution in [2.24, 2.45) is 7.05 Å². The quantitative estimate of drug-likeness (QED) is 0.456. The number of halogens is 2. The van der Waals surface area contributed by atoms with Crippen LogP contribution in [0.1, 0.15) is 28.2 Å². The summed E-state index contributed by atoms with van der Waals surface area (Å²) in [6, 6.07) is 12.6. The van der Waals surface area contributed by atoms with Crippen LogP contribution in [-0.4, -0.2) is 24.7 Å². The minimum absolute atomic E-state index is 0.0189. The van der Waals surface area contributed by atoms with Crippen molar-refractivity contribution in [2.75, 3.05) is 0 Å². The third-order valence-corrected chi connectivity index (χ3v) is 6.05. The van der Waals surface area contributed by atoms with Crippen molar-refractivity contribution in [1.29, 1.82) is 0 Å². The molecular weight excluding hydrogens is 443 g/mol. The Hall–Kier alpha value is -3.45. The van der Waals surface area contributed by atoms with Gasteiger partial charge >= 0.3 is 0 Å². The van der Waals surface area contributed by atoms with Gasteiger partial charge in [-0.25, -0.2) is 13.8 Å². The Morgan fingerprint density at radius 3 is 2.33 bits per heavy atom. The van der Waals surface area contributed by atoms with Gasteiger partial charge in [-0.2, -0.15) is 10.2 Å². The predicted octanol–water partition coefficient (Wildman–Crippen LogP) is 4.84. The molecular formula is C25H24ClFN4O2. The van der Waals surface area contributed by atoms with Crippen LogP contribution in [0.4, 0.5) is 4.39 Å². The van der Waals surface area contributed by atoms with E-state index in [1.54, 1.807) is 6.92 Å². The van der Waals surface area contributed by atoms with E-state index in [9.17, 15) is 14.3 Å². The van der Waals surface area contributed by atoms with Crippen molar-refractivity contribution >= 4 is 11.6 Å². The summed E-state index contributed by atoms with van der Waals surface area (Å²) in [6.07, 6.45) is 0.952. The van der Waals surface area contributed by atoms with E-state index in [4.69, 9.17) is 11.6 Å². The number of aromatic hydroxyl groups is 1. The normalized spacial score (nSPS) is 11.2. The molecule has 0 aliphatic carbocycles. The molecule has 0 bridgehead atoms. The fraction of sp³-hybridized carbons (Fsp3) is 0.240. The highest BCUT2D eigenvalue weighted by Crippen LogP contribution is 2.36. The maximum Gasteiger partial charge on any atom is 0.278 e. The van der Waals surface area contributed by atoms with E-state index in [-0.39, 0.29) is 22.6 Å². The molecule has 4 aromatic rings. The summed E-state index contributed by atoms with van der Waals surface area (Å²) in [7, 11) is 1.46. The maximum absolute atomic E-state index is 15.0. The van der Waals surface area contributed by atoms with Crippen LogP contribution in [0.5, 0.6) is 5.75 Å². The number of aryl methyl sites for hydroxylation is 5. The molecule has 2 heterocycles. The lowest BCUT2D eigenvalue weighted by molar-refractivity contribution is 0.460. The molecule has 1 N–H and O–H groups in total. The van der Waals surface area contributed by atoms with Gasteiger partial charge in [-0.3, -0.25) is 4.79 Å². The van der Waals surface area contributed by atoms with Crippen LogP contribution < -0.4 is 5.56 Å². The van der Waals surface area contributed by atoms with Crippen molar-refractivity contribution < 1.29 is 9.50 Å². The maximum atomic E-state index is 15.0. The molecule has 0 radical (unpaired) electrons. The van der Waals surface area contributed by atoms with Crippen molar-refractivity contribution in [3.05, 3.63) is 91.9 Å². The molecule has 0 aliphatic heterocycles. The molecule has 0 atom stereocenters. The van der Waals surface area contributed by atoms with Gasteiger partial charge in [0, 0.05) is 23.3 Å². The van der Waals surface area contributed by atoms with E-state index in [0.717, 1.165) is 27.3 Å². The minimum atomic E-state index is -0.618. The Bertz CT molecular complexity index is 1410. The number of nitrogens with zero attached hydrogens (tertiary/aromatic N) is 4. The topological polar surface area (TPSA) is 72.9 Å². The Kier molecular flexibility index (Phi) is 6.08. The Morgan fingerprint density at radius 1 is 1.00 bits per heavy atom. The third kappa shape index (κ3) is 4.28. The van der Waals surface area contributed by atoms with Gasteiger partial charge in [0.1, 0.15) is 11.5 Å². The summed E-state index contributed by atoms with van der Waals surface area (Å²) in [5, 5.41) is 19.3. The number of hydrogen-bond acceptors (Lipinski definition) is 4. The number of benzene rings is 2. The Labute approximate surface area is 195 Å². The molecule has 8 heteroatoms. The first-order valence-corrected chi connectivity index (χ1v) is 10.9. The predicted molar refractivity (Wildman–Crippen MR) is 127 cm³/mol. The number of rotatable bonds is 5. The molecule has 0 spiro atoms. The van der Waals surface area contributed by atoms with Gasteiger partial charge in [0.25, 0.3) is 5.56 Å². The second-order valence-electron chi connectivity index (χ2n) is 8.13. The summed E-state index contributed by atoms with van der Waals surface area (Å²) >= 11 is 6.44. The lowest BCUT2D eigenvalue weighted by Gasteiger charge is -2.15. The molecule has 0 saturated heterocycles. The fourth-order valence-electron chi connectivity index (χ4n) is 4.06. The average molecular weight is 467 g/mol. The second-order valence-corrected chi connectivity index (χ2v) is 8.53. The van der Waals surface area contributed by atoms with E-state index in [1.807, 2.05) is 48.9 Å². The van der Waals surface area contributed by atoms with Gasteiger partial charge in [-0.1, -0.05) is 23.7 Å². The van der Waals surface area contributed by atoms with Crippen LogP contribution in [0.2, 0.25) is 5.02 Å². The zero-order valence-electron chi connectivity index (χ0n) is 18.9. The smallest absolute Gasteiger partial charge is 0.278 e. The first-order valence-electron chi connectivity index (χ1n) is 10.5. The third-order valence-electron chi connectivity index (χ3n) is 5.70. The molecule has 0 aliphatic rings. The summed E-state index contributed by atoms with van der Waals surface area (Å²) < 4.78 is 18.0. The van der Waals surface area contributed by atoms with Crippen LogP contribution in [0.3, 0.4) is 0 Å². The van der Waals surface area contributed by atoms with Crippen LogP contribution in [0.15, 0.2) is 47.3 Å². The highest BCUT2D eigenvalue weighted by molar-refractivity contribution is 6.31. The zero-order valence-corrected chi connectivity index (χ0v) is 19.6. The van der Waals surface area contributed by atoms with Gasteiger partial charge in [0.15, 0.2) is 5.75 Å². The van der Waals surface area contributed by atoms with Gasteiger partial charge in [0.05, 0.1) is 16.9 Å². The monoisotopic (exact) mass is 466 g/mol. The Morgan fingerprint density at radius 2 is 1.70 bits per heavy atom. The van der Waals surface area contributed by atoms with Crippen molar-refractivity contribution in [2.45, 2.75) is 33.6 Å². The standard InChI is InChI=1S/C25H24ClFN4O2/c1-14-13-15(2)31(28-14)18-8-5-17(6-9-18)7-10-19-20(26)11-12-21(27)22(19)23-24(32)16(3)29-30(4)25(23)33/h5-6,8-9,11-13,32H,7,10H2,1-4H3.